The lowest BCUT2D eigenvalue weighted by Crippen LogP contribution is -2.55. The van der Waals surface area contributed by atoms with E-state index in [0.29, 0.717) is 23.5 Å². The predicted octanol–water partition coefficient (Wildman–Crippen LogP) is 1.27. The van der Waals surface area contributed by atoms with E-state index >= 15 is 0 Å². The molecule has 7 N–H and O–H groups in total. The molecular formula is C23H25N5O6. The SMILES string of the molecule is CC(=O)O.N=C(N)c1ccc(NC(=O)[C@H](O)[C@H]2OCCN(c3ccc4[nH]ccc4c3)C2=O)cc1. The Morgan fingerprint density at radius 2 is 1.91 bits per heavy atom. The van der Waals surface area contributed by atoms with Gasteiger partial charge in [-0.25, -0.2) is 0 Å². The summed E-state index contributed by atoms with van der Waals surface area (Å²) < 4.78 is 5.43. The van der Waals surface area contributed by atoms with Gasteiger partial charge in [0.25, 0.3) is 17.8 Å². The topological polar surface area (TPSA) is 182 Å². The lowest BCUT2D eigenvalue weighted by atomic mass is 10.1. The molecule has 178 valence electrons. The fourth-order valence-corrected chi connectivity index (χ4v) is 3.38. The lowest BCUT2D eigenvalue weighted by molar-refractivity contribution is -0.150. The molecule has 2 amide bonds. The summed E-state index contributed by atoms with van der Waals surface area (Å²) in [5, 5.41) is 28.8. The number of anilines is 2. The number of nitrogens with two attached hydrogens (primary N) is 1. The number of rotatable bonds is 5. The fraction of sp³-hybridized carbons (Fsp3) is 0.217. The van der Waals surface area contributed by atoms with Crippen molar-refractivity contribution in [3.05, 3.63) is 60.3 Å². The molecule has 0 spiro atoms. The van der Waals surface area contributed by atoms with Crippen LogP contribution in [0, 0.1) is 5.41 Å². The highest BCUT2D eigenvalue weighted by atomic mass is 16.5. The van der Waals surface area contributed by atoms with Crippen molar-refractivity contribution >= 4 is 45.9 Å². The van der Waals surface area contributed by atoms with Gasteiger partial charge in [-0.05, 0) is 48.5 Å². The van der Waals surface area contributed by atoms with E-state index in [9.17, 15) is 14.7 Å². The maximum atomic E-state index is 12.9. The summed E-state index contributed by atoms with van der Waals surface area (Å²) >= 11 is 0. The number of aliphatic hydroxyl groups excluding tert-OH is 1. The van der Waals surface area contributed by atoms with Crippen molar-refractivity contribution in [2.45, 2.75) is 19.1 Å². The molecule has 1 aliphatic heterocycles. The van der Waals surface area contributed by atoms with Crippen molar-refractivity contribution in [1.82, 2.24) is 4.98 Å². The number of morpholine rings is 1. The zero-order valence-corrected chi connectivity index (χ0v) is 18.3. The number of nitrogen functional groups attached to an aromatic ring is 1. The first kappa shape index (κ1) is 24.4. The van der Waals surface area contributed by atoms with Gasteiger partial charge >= 0.3 is 0 Å². The summed E-state index contributed by atoms with van der Waals surface area (Å²) in [5.74, 6) is -2.16. The molecule has 34 heavy (non-hydrogen) atoms. The van der Waals surface area contributed by atoms with Gasteiger partial charge in [-0.15, -0.1) is 0 Å². The maximum absolute atomic E-state index is 12.9. The minimum atomic E-state index is -1.68. The summed E-state index contributed by atoms with van der Waals surface area (Å²) in [7, 11) is 0. The van der Waals surface area contributed by atoms with Crippen LogP contribution in [0.4, 0.5) is 11.4 Å². The number of nitrogens with one attached hydrogen (secondary N) is 3. The van der Waals surface area contributed by atoms with Gasteiger partial charge in [-0.1, -0.05) is 0 Å². The normalized spacial score (nSPS) is 16.4. The van der Waals surface area contributed by atoms with Gasteiger partial charge in [-0.2, -0.15) is 0 Å². The van der Waals surface area contributed by atoms with Gasteiger partial charge in [0.15, 0.2) is 12.2 Å². The van der Waals surface area contributed by atoms with Gasteiger partial charge < -0.3 is 35.9 Å². The zero-order valence-electron chi connectivity index (χ0n) is 18.3. The molecule has 0 aliphatic carbocycles. The van der Waals surface area contributed by atoms with Crippen molar-refractivity contribution in [1.29, 1.82) is 5.41 Å². The highest BCUT2D eigenvalue weighted by Gasteiger charge is 2.39. The highest BCUT2D eigenvalue weighted by molar-refractivity contribution is 6.04. The Morgan fingerprint density at radius 3 is 2.56 bits per heavy atom. The number of aliphatic carboxylic acids is 1. The molecule has 0 unspecified atom stereocenters. The second-order valence-corrected chi connectivity index (χ2v) is 7.47. The summed E-state index contributed by atoms with van der Waals surface area (Å²) in [4.78, 5) is 39.0. The quantitative estimate of drug-likeness (QED) is 0.241. The number of hydrogen-bond donors (Lipinski definition) is 6. The van der Waals surface area contributed by atoms with Crippen LogP contribution in [0.3, 0.4) is 0 Å². The third-order valence-corrected chi connectivity index (χ3v) is 4.99. The monoisotopic (exact) mass is 467 g/mol. The molecule has 3 aromatic rings. The first-order valence-electron chi connectivity index (χ1n) is 10.3. The van der Waals surface area contributed by atoms with E-state index in [-0.39, 0.29) is 12.4 Å². The molecule has 0 radical (unpaired) electrons. The zero-order chi connectivity index (χ0) is 24.8. The average molecular weight is 467 g/mol. The van der Waals surface area contributed by atoms with E-state index in [2.05, 4.69) is 10.3 Å². The Kier molecular flexibility index (Phi) is 7.61. The number of H-pyrrole nitrogens is 1. The number of benzene rings is 2. The number of carbonyl (C=O) groups excluding carboxylic acids is 2. The molecule has 0 bridgehead atoms. The number of carboxylic acid groups (broad SMARTS) is 1. The molecule has 1 aliphatic rings. The van der Waals surface area contributed by atoms with Gasteiger partial charge in [0.2, 0.25) is 0 Å². The van der Waals surface area contributed by atoms with E-state index in [4.69, 9.17) is 25.8 Å². The number of aromatic amines is 1. The molecule has 4 rings (SSSR count). The molecule has 2 aromatic carbocycles. The number of ether oxygens (including phenoxy) is 1. The van der Waals surface area contributed by atoms with Crippen LogP contribution in [0.1, 0.15) is 12.5 Å². The van der Waals surface area contributed by atoms with Gasteiger partial charge in [0.05, 0.1) is 6.61 Å². The van der Waals surface area contributed by atoms with Crippen molar-refractivity contribution in [3.63, 3.8) is 0 Å². The molecule has 0 saturated carbocycles. The Bertz CT molecular complexity index is 1200. The highest BCUT2D eigenvalue weighted by Crippen LogP contribution is 2.25. The van der Waals surface area contributed by atoms with Crippen molar-refractivity contribution < 1.29 is 29.3 Å². The number of fused-ring (bicyclic) bond motifs is 1. The van der Waals surface area contributed by atoms with Crippen LogP contribution in [-0.2, 0) is 19.1 Å². The van der Waals surface area contributed by atoms with Crippen molar-refractivity contribution in [3.8, 4) is 0 Å². The number of aliphatic hydroxyl groups is 1. The summed E-state index contributed by atoms with van der Waals surface area (Å²) in [6, 6.07) is 13.7. The first-order chi connectivity index (χ1) is 16.2. The number of amides is 2. The van der Waals surface area contributed by atoms with Crippen LogP contribution in [0.25, 0.3) is 10.9 Å². The fourth-order valence-electron chi connectivity index (χ4n) is 3.38. The lowest BCUT2D eigenvalue weighted by Gasteiger charge is -2.34. The molecular weight excluding hydrogens is 442 g/mol. The molecule has 11 heteroatoms. The third kappa shape index (κ3) is 5.77. The molecule has 1 fully saturated rings. The molecule has 1 saturated heterocycles. The number of hydrogen-bond acceptors (Lipinski definition) is 6. The van der Waals surface area contributed by atoms with Crippen molar-refractivity contribution in [2.75, 3.05) is 23.4 Å². The van der Waals surface area contributed by atoms with Crippen LogP contribution < -0.4 is 16.0 Å². The largest absolute Gasteiger partial charge is 0.481 e. The number of aromatic nitrogens is 1. The van der Waals surface area contributed by atoms with E-state index < -0.39 is 30.0 Å². The van der Waals surface area contributed by atoms with Gasteiger partial charge in [0, 0.05) is 47.5 Å². The van der Waals surface area contributed by atoms with Crippen LogP contribution in [0.5, 0.6) is 0 Å². The third-order valence-electron chi connectivity index (χ3n) is 4.99. The number of nitrogens with zero attached hydrogens (tertiary/aromatic N) is 1. The van der Waals surface area contributed by atoms with Crippen LogP contribution >= 0.6 is 0 Å². The molecule has 2 atom stereocenters. The van der Waals surface area contributed by atoms with Crippen LogP contribution in [0.2, 0.25) is 0 Å². The van der Waals surface area contributed by atoms with Crippen molar-refractivity contribution in [2.24, 2.45) is 5.73 Å². The van der Waals surface area contributed by atoms with Crippen LogP contribution in [-0.4, -0.2) is 64.2 Å². The van der Waals surface area contributed by atoms with Gasteiger partial charge in [-0.3, -0.25) is 19.8 Å². The summed E-state index contributed by atoms with van der Waals surface area (Å²) in [5.41, 5.74) is 7.94. The average Bonchev–Trinajstić information content (AvgIpc) is 3.26. The Morgan fingerprint density at radius 1 is 1.24 bits per heavy atom. The summed E-state index contributed by atoms with van der Waals surface area (Å²) in [6.45, 7) is 1.60. The smallest absolute Gasteiger partial charge is 0.300 e. The van der Waals surface area contributed by atoms with E-state index in [1.165, 1.54) is 4.90 Å². The Hall–Kier alpha value is -4.22. The number of carbonyl (C=O) groups is 3. The van der Waals surface area contributed by atoms with E-state index in [1.54, 1.807) is 24.3 Å². The molecule has 2 heterocycles. The van der Waals surface area contributed by atoms with Gasteiger partial charge in [0.1, 0.15) is 5.84 Å². The van der Waals surface area contributed by atoms with E-state index in [0.717, 1.165) is 17.8 Å². The minimum Gasteiger partial charge on any atom is -0.481 e. The summed E-state index contributed by atoms with van der Waals surface area (Å²) in [6.07, 6.45) is -1.17. The molecule has 1 aromatic heterocycles. The predicted molar refractivity (Wildman–Crippen MR) is 126 cm³/mol. The standard InChI is InChI=1S/C21H21N5O4.C2H4O2/c22-19(23)12-1-3-14(4-2-12)25-20(28)17(27)18-21(29)26(9-10-30-18)15-5-6-16-13(11-15)7-8-24-16;1-2(3)4/h1-8,11,17-18,24,27H,9-10H2,(H3,22,23)(H,25,28);1H3,(H,3,4)/t17-,18-;/m1./s1. The number of carboxylic acids is 1. The number of amidine groups is 1. The Balaban J connectivity index is 0.000000751. The second-order valence-electron chi connectivity index (χ2n) is 7.47. The Labute approximate surface area is 194 Å². The first-order valence-corrected chi connectivity index (χ1v) is 10.3. The minimum absolute atomic E-state index is 0.0907. The molecule has 11 nitrogen and oxygen atoms in total. The maximum Gasteiger partial charge on any atom is 0.300 e. The second kappa shape index (κ2) is 10.6. The van der Waals surface area contributed by atoms with E-state index in [1.807, 2.05) is 30.5 Å². The van der Waals surface area contributed by atoms with Crippen LogP contribution in [0.15, 0.2) is 54.7 Å².